The molecule has 0 saturated heterocycles. The predicted octanol–water partition coefficient (Wildman–Crippen LogP) is 5.04. The lowest BCUT2D eigenvalue weighted by Gasteiger charge is -2.11. The summed E-state index contributed by atoms with van der Waals surface area (Å²) >= 11 is 4.53. The number of hydrogen-bond donors (Lipinski definition) is 0. The molecule has 5 nitrogen and oxygen atoms in total. The van der Waals surface area contributed by atoms with Crippen LogP contribution in [0.1, 0.15) is 28.7 Å². The fourth-order valence-electron chi connectivity index (χ4n) is 2.84. The Morgan fingerprint density at radius 2 is 1.89 bits per heavy atom. The third kappa shape index (κ3) is 4.56. The van der Waals surface area contributed by atoms with Crippen molar-refractivity contribution in [2.75, 3.05) is 18.6 Å². The van der Waals surface area contributed by atoms with Crippen LogP contribution in [0.15, 0.2) is 39.0 Å². The number of aryl methyl sites for hydroxylation is 1. The van der Waals surface area contributed by atoms with Gasteiger partial charge in [-0.3, -0.25) is 4.79 Å². The van der Waals surface area contributed by atoms with Gasteiger partial charge in [-0.1, -0.05) is 34.9 Å². The average Bonchev–Trinajstić information content (AvgIpc) is 3.25. The smallest absolute Gasteiger partial charge is 0.175 e. The molecule has 3 aromatic rings. The SMILES string of the molecule is CCOc1ccc(-n2c(C)cc(C(=O)CSc3nnc(SC)s3)c2C)cc1. The van der Waals surface area contributed by atoms with Gasteiger partial charge in [0.15, 0.2) is 14.5 Å². The Morgan fingerprint density at radius 3 is 2.52 bits per heavy atom. The van der Waals surface area contributed by atoms with E-state index in [1.165, 1.54) is 23.1 Å². The largest absolute Gasteiger partial charge is 0.494 e. The minimum atomic E-state index is 0.103. The Balaban J connectivity index is 1.76. The molecular formula is C19H21N3O2S3. The van der Waals surface area contributed by atoms with Crippen molar-refractivity contribution in [3.8, 4) is 11.4 Å². The van der Waals surface area contributed by atoms with Crippen molar-refractivity contribution in [2.24, 2.45) is 0 Å². The van der Waals surface area contributed by atoms with E-state index in [9.17, 15) is 4.79 Å². The van der Waals surface area contributed by atoms with Crippen LogP contribution in [0.2, 0.25) is 0 Å². The van der Waals surface area contributed by atoms with Gasteiger partial charge in [-0.15, -0.1) is 10.2 Å². The first kappa shape index (κ1) is 20.0. The predicted molar refractivity (Wildman–Crippen MR) is 113 cm³/mol. The van der Waals surface area contributed by atoms with E-state index >= 15 is 0 Å². The zero-order valence-electron chi connectivity index (χ0n) is 15.7. The molecule has 0 fully saturated rings. The van der Waals surface area contributed by atoms with Gasteiger partial charge in [-0.25, -0.2) is 0 Å². The monoisotopic (exact) mass is 419 g/mol. The first-order valence-electron chi connectivity index (χ1n) is 8.49. The molecule has 3 rings (SSSR count). The van der Waals surface area contributed by atoms with Crippen molar-refractivity contribution in [1.29, 1.82) is 0 Å². The Labute approximate surface area is 171 Å². The molecule has 2 aromatic heterocycles. The number of Topliss-reactive ketones (excluding diaryl/α,β-unsaturated/α-hetero) is 1. The zero-order valence-corrected chi connectivity index (χ0v) is 18.1. The minimum Gasteiger partial charge on any atom is -0.494 e. The summed E-state index contributed by atoms with van der Waals surface area (Å²) in [6.07, 6.45) is 1.97. The highest BCUT2D eigenvalue weighted by atomic mass is 32.2. The van der Waals surface area contributed by atoms with Crippen molar-refractivity contribution in [2.45, 2.75) is 29.5 Å². The third-order valence-electron chi connectivity index (χ3n) is 4.03. The molecule has 0 aliphatic carbocycles. The van der Waals surface area contributed by atoms with Crippen molar-refractivity contribution < 1.29 is 9.53 Å². The van der Waals surface area contributed by atoms with E-state index < -0.39 is 0 Å². The summed E-state index contributed by atoms with van der Waals surface area (Å²) in [5, 5.41) is 8.18. The average molecular weight is 420 g/mol. The highest BCUT2D eigenvalue weighted by Gasteiger charge is 2.18. The molecule has 0 bridgehead atoms. The first-order valence-corrected chi connectivity index (χ1v) is 11.5. The minimum absolute atomic E-state index is 0.103. The number of carbonyl (C=O) groups is 1. The summed E-state index contributed by atoms with van der Waals surface area (Å²) in [5.41, 5.74) is 3.76. The van der Waals surface area contributed by atoms with Gasteiger partial charge >= 0.3 is 0 Å². The van der Waals surface area contributed by atoms with E-state index in [-0.39, 0.29) is 5.78 Å². The van der Waals surface area contributed by atoms with E-state index in [0.29, 0.717) is 12.4 Å². The van der Waals surface area contributed by atoms with Gasteiger partial charge < -0.3 is 9.30 Å². The Kier molecular flexibility index (Phi) is 6.62. The van der Waals surface area contributed by atoms with Gasteiger partial charge in [0.1, 0.15) is 5.75 Å². The van der Waals surface area contributed by atoms with Gasteiger partial charge in [0.05, 0.1) is 12.4 Å². The highest BCUT2D eigenvalue weighted by molar-refractivity contribution is 8.03. The number of rotatable bonds is 8. The second-order valence-electron chi connectivity index (χ2n) is 5.80. The van der Waals surface area contributed by atoms with Crippen LogP contribution < -0.4 is 4.74 Å². The molecule has 0 saturated carbocycles. The lowest BCUT2D eigenvalue weighted by Crippen LogP contribution is -2.05. The zero-order chi connectivity index (χ0) is 19.4. The van der Waals surface area contributed by atoms with Gasteiger partial charge in [0.2, 0.25) is 0 Å². The van der Waals surface area contributed by atoms with Crippen LogP contribution in [0.3, 0.4) is 0 Å². The Morgan fingerprint density at radius 1 is 1.19 bits per heavy atom. The van der Waals surface area contributed by atoms with E-state index in [4.69, 9.17) is 4.74 Å². The summed E-state index contributed by atoms with van der Waals surface area (Å²) in [4.78, 5) is 12.7. The normalized spacial score (nSPS) is 11.0. The molecular weight excluding hydrogens is 398 g/mol. The fourth-order valence-corrected chi connectivity index (χ4v) is 5.16. The molecule has 2 heterocycles. The number of ether oxygens (including phenoxy) is 1. The van der Waals surface area contributed by atoms with Gasteiger partial charge in [0.25, 0.3) is 0 Å². The van der Waals surface area contributed by atoms with E-state index in [0.717, 1.165) is 37.1 Å². The lowest BCUT2D eigenvalue weighted by molar-refractivity contribution is 0.102. The van der Waals surface area contributed by atoms with Crippen molar-refractivity contribution >= 4 is 40.6 Å². The number of thioether (sulfide) groups is 2. The molecule has 27 heavy (non-hydrogen) atoms. The van der Waals surface area contributed by atoms with Crippen LogP contribution >= 0.6 is 34.9 Å². The van der Waals surface area contributed by atoms with Gasteiger partial charge in [-0.2, -0.15) is 0 Å². The molecule has 0 spiro atoms. The molecule has 8 heteroatoms. The van der Waals surface area contributed by atoms with E-state index in [1.807, 2.05) is 57.4 Å². The maximum absolute atomic E-state index is 12.7. The molecule has 142 valence electrons. The second kappa shape index (κ2) is 8.95. The van der Waals surface area contributed by atoms with Crippen LogP contribution in [-0.2, 0) is 0 Å². The number of carbonyl (C=O) groups excluding carboxylic acids is 1. The molecule has 0 atom stereocenters. The Hall–Kier alpha value is -1.77. The van der Waals surface area contributed by atoms with Gasteiger partial charge in [-0.05, 0) is 57.4 Å². The van der Waals surface area contributed by atoms with Crippen LogP contribution in [0.4, 0.5) is 0 Å². The summed E-state index contributed by atoms with van der Waals surface area (Å²) in [5.74, 6) is 1.31. The standard InChI is InChI=1S/C19H21N3O2S3/c1-5-24-15-8-6-14(7-9-15)22-12(2)10-16(13(22)3)17(23)11-26-19-21-20-18(25-4)27-19/h6-10H,5,11H2,1-4H3. The number of benzene rings is 1. The quantitative estimate of drug-likeness (QED) is 0.376. The van der Waals surface area contributed by atoms with Crippen molar-refractivity contribution in [3.63, 3.8) is 0 Å². The topological polar surface area (TPSA) is 57.0 Å². The highest BCUT2D eigenvalue weighted by Crippen LogP contribution is 2.29. The third-order valence-corrected chi connectivity index (χ3v) is 7.06. The molecule has 0 amide bonds. The molecule has 1 aromatic carbocycles. The molecule has 0 radical (unpaired) electrons. The van der Waals surface area contributed by atoms with Crippen LogP contribution in [0, 0.1) is 13.8 Å². The van der Waals surface area contributed by atoms with E-state index in [2.05, 4.69) is 14.8 Å². The summed E-state index contributed by atoms with van der Waals surface area (Å²) in [7, 11) is 0. The maximum Gasteiger partial charge on any atom is 0.175 e. The number of aromatic nitrogens is 3. The summed E-state index contributed by atoms with van der Waals surface area (Å²) in [6, 6.07) is 9.89. The summed E-state index contributed by atoms with van der Waals surface area (Å²) < 4.78 is 9.35. The van der Waals surface area contributed by atoms with Crippen LogP contribution in [-0.4, -0.2) is 39.2 Å². The first-order chi connectivity index (χ1) is 13.0. The van der Waals surface area contributed by atoms with Crippen LogP contribution in [0.5, 0.6) is 5.75 Å². The van der Waals surface area contributed by atoms with Crippen molar-refractivity contribution in [3.05, 3.63) is 47.3 Å². The molecule has 0 N–H and O–H groups in total. The number of hydrogen-bond acceptors (Lipinski definition) is 7. The van der Waals surface area contributed by atoms with Gasteiger partial charge in [0, 0.05) is 22.6 Å². The van der Waals surface area contributed by atoms with Crippen LogP contribution in [0.25, 0.3) is 5.69 Å². The molecule has 0 unspecified atom stereocenters. The number of ketones is 1. The lowest BCUT2D eigenvalue weighted by atomic mass is 10.2. The molecule has 0 aliphatic heterocycles. The number of nitrogens with zero attached hydrogens (tertiary/aromatic N) is 3. The second-order valence-corrected chi connectivity index (χ2v) is 9.05. The summed E-state index contributed by atoms with van der Waals surface area (Å²) in [6.45, 7) is 6.61. The van der Waals surface area contributed by atoms with Crippen molar-refractivity contribution in [1.82, 2.24) is 14.8 Å². The Bertz CT molecular complexity index is 932. The molecule has 0 aliphatic rings. The maximum atomic E-state index is 12.7. The van der Waals surface area contributed by atoms with E-state index in [1.54, 1.807) is 11.8 Å². The fraction of sp³-hybridized carbons (Fsp3) is 0.316.